The lowest BCUT2D eigenvalue weighted by molar-refractivity contribution is -0.143. The molecule has 2 aliphatic rings. The molecule has 1 N–H and O–H groups in total. The number of likely N-dealkylation sites (tertiary alicyclic amines) is 2. The molecule has 174 valence electrons. The average Bonchev–Trinajstić information content (AvgIpc) is 3.56. The second-order valence-electron chi connectivity index (χ2n) is 8.93. The van der Waals surface area contributed by atoms with Gasteiger partial charge < -0.3 is 15.1 Å². The summed E-state index contributed by atoms with van der Waals surface area (Å²) in [6, 6.07) is 19.2. The number of benzene rings is 2. The summed E-state index contributed by atoms with van der Waals surface area (Å²) in [5.74, 6) is -0.325. The maximum absolute atomic E-state index is 13.1. The van der Waals surface area contributed by atoms with Crippen molar-refractivity contribution in [2.45, 2.75) is 50.5 Å². The van der Waals surface area contributed by atoms with E-state index < -0.39 is 0 Å². The molecule has 2 aromatic carbocycles. The van der Waals surface area contributed by atoms with E-state index in [0.717, 1.165) is 49.9 Å². The second-order valence-corrected chi connectivity index (χ2v) is 8.93. The fraction of sp³-hybridized carbons (Fsp3) is 0.444. The van der Waals surface area contributed by atoms with Crippen molar-refractivity contribution >= 4 is 17.7 Å². The van der Waals surface area contributed by atoms with Crippen LogP contribution in [0.3, 0.4) is 0 Å². The Hall–Kier alpha value is -3.15. The van der Waals surface area contributed by atoms with Crippen LogP contribution in [0.4, 0.5) is 0 Å². The molecule has 0 saturated carbocycles. The Kier molecular flexibility index (Phi) is 7.76. The smallest absolute Gasteiger partial charge is 0.245 e. The van der Waals surface area contributed by atoms with Gasteiger partial charge in [-0.1, -0.05) is 60.7 Å². The molecule has 4 rings (SSSR count). The predicted molar refractivity (Wildman–Crippen MR) is 128 cm³/mol. The highest BCUT2D eigenvalue weighted by atomic mass is 16.2. The quantitative estimate of drug-likeness (QED) is 0.631. The number of carbonyl (C=O) groups excluding carboxylic acids is 3. The van der Waals surface area contributed by atoms with Gasteiger partial charge in [0.1, 0.15) is 6.04 Å². The lowest BCUT2D eigenvalue weighted by Crippen LogP contribution is -2.47. The minimum Gasteiger partial charge on any atom is -0.355 e. The zero-order valence-corrected chi connectivity index (χ0v) is 19.1. The molecule has 3 amide bonds. The van der Waals surface area contributed by atoms with Gasteiger partial charge in [0.15, 0.2) is 0 Å². The molecule has 2 heterocycles. The lowest BCUT2D eigenvalue weighted by Gasteiger charge is -2.28. The van der Waals surface area contributed by atoms with Gasteiger partial charge in [-0.2, -0.15) is 0 Å². The summed E-state index contributed by atoms with van der Waals surface area (Å²) in [4.78, 5) is 42.4. The predicted octanol–water partition coefficient (Wildman–Crippen LogP) is 3.33. The zero-order valence-electron chi connectivity index (χ0n) is 19.1. The topological polar surface area (TPSA) is 69.7 Å². The van der Waals surface area contributed by atoms with Gasteiger partial charge in [-0.05, 0) is 43.2 Å². The standard InChI is InChI=1S/C27H33N3O3/c31-24(30-20-10-15-23(30)27(33)29-18-7-8-19-29)16-9-17-28-26(32)25(21-11-3-1-4-12-21)22-13-5-2-6-14-22/h1-6,11-14,23,25H,7-10,15-20H2,(H,28,32)/t23-/m0/s1. The molecule has 2 saturated heterocycles. The maximum atomic E-state index is 13.1. The first kappa shape index (κ1) is 23.0. The van der Waals surface area contributed by atoms with Gasteiger partial charge in [-0.3, -0.25) is 14.4 Å². The summed E-state index contributed by atoms with van der Waals surface area (Å²) in [6.07, 6.45) is 4.64. The Morgan fingerprint density at radius 1 is 0.848 bits per heavy atom. The first-order valence-electron chi connectivity index (χ1n) is 12.1. The summed E-state index contributed by atoms with van der Waals surface area (Å²) in [5, 5.41) is 3.02. The van der Waals surface area contributed by atoms with Gasteiger partial charge in [0.25, 0.3) is 0 Å². The summed E-state index contributed by atoms with van der Waals surface area (Å²) < 4.78 is 0. The van der Waals surface area contributed by atoms with Crippen LogP contribution in [0, 0.1) is 0 Å². The molecule has 2 aliphatic heterocycles. The Morgan fingerprint density at radius 2 is 1.45 bits per heavy atom. The fourth-order valence-electron chi connectivity index (χ4n) is 4.95. The number of rotatable bonds is 8. The lowest BCUT2D eigenvalue weighted by atomic mass is 9.90. The van der Waals surface area contributed by atoms with Gasteiger partial charge in [-0.25, -0.2) is 0 Å². The normalized spacial score (nSPS) is 18.0. The van der Waals surface area contributed by atoms with Crippen LogP contribution < -0.4 is 5.32 Å². The van der Waals surface area contributed by atoms with Crippen LogP contribution in [-0.2, 0) is 14.4 Å². The van der Waals surface area contributed by atoms with E-state index in [2.05, 4.69) is 5.32 Å². The van der Waals surface area contributed by atoms with E-state index in [1.807, 2.05) is 65.6 Å². The van der Waals surface area contributed by atoms with Crippen molar-refractivity contribution in [3.63, 3.8) is 0 Å². The maximum Gasteiger partial charge on any atom is 0.245 e. The fourth-order valence-corrected chi connectivity index (χ4v) is 4.95. The van der Waals surface area contributed by atoms with Gasteiger partial charge in [0.2, 0.25) is 17.7 Å². The molecule has 2 aromatic rings. The van der Waals surface area contributed by atoms with Gasteiger partial charge >= 0.3 is 0 Å². The number of carbonyl (C=O) groups is 3. The third-order valence-corrected chi connectivity index (χ3v) is 6.67. The minimum atomic E-state index is -0.385. The second kappa shape index (κ2) is 11.1. The van der Waals surface area contributed by atoms with Gasteiger partial charge in [0, 0.05) is 32.6 Å². The molecule has 0 unspecified atom stereocenters. The first-order valence-corrected chi connectivity index (χ1v) is 12.1. The van der Waals surface area contributed by atoms with Crippen molar-refractivity contribution < 1.29 is 14.4 Å². The Bertz CT molecular complexity index is 902. The Balaban J connectivity index is 1.29. The van der Waals surface area contributed by atoms with E-state index in [0.29, 0.717) is 25.9 Å². The van der Waals surface area contributed by atoms with Crippen LogP contribution in [0.1, 0.15) is 55.6 Å². The van der Waals surface area contributed by atoms with Crippen LogP contribution in [-0.4, -0.2) is 59.7 Å². The van der Waals surface area contributed by atoms with Crippen LogP contribution in [0.25, 0.3) is 0 Å². The van der Waals surface area contributed by atoms with Crippen LogP contribution in [0.2, 0.25) is 0 Å². The zero-order chi connectivity index (χ0) is 23.0. The summed E-state index contributed by atoms with van der Waals surface area (Å²) in [5.41, 5.74) is 1.88. The van der Waals surface area contributed by atoms with Crippen molar-refractivity contribution in [2.24, 2.45) is 0 Å². The molecule has 0 aromatic heterocycles. The van der Waals surface area contributed by atoms with Crippen molar-refractivity contribution in [2.75, 3.05) is 26.2 Å². The third kappa shape index (κ3) is 5.62. The monoisotopic (exact) mass is 447 g/mol. The van der Waals surface area contributed by atoms with E-state index in [1.165, 1.54) is 0 Å². The summed E-state index contributed by atoms with van der Waals surface area (Å²) in [6.45, 7) is 2.71. The Labute approximate surface area is 196 Å². The minimum absolute atomic E-state index is 0.0157. The molecule has 2 fully saturated rings. The molecular formula is C27H33N3O3. The van der Waals surface area contributed by atoms with Crippen LogP contribution in [0.15, 0.2) is 60.7 Å². The van der Waals surface area contributed by atoms with Crippen molar-refractivity contribution in [3.8, 4) is 0 Å². The number of amides is 3. The molecule has 6 heteroatoms. The highest BCUT2D eigenvalue weighted by molar-refractivity contribution is 5.89. The van der Waals surface area contributed by atoms with Crippen molar-refractivity contribution in [3.05, 3.63) is 71.8 Å². The highest BCUT2D eigenvalue weighted by Crippen LogP contribution is 2.25. The van der Waals surface area contributed by atoms with E-state index in [4.69, 9.17) is 0 Å². The number of hydrogen-bond acceptors (Lipinski definition) is 3. The molecule has 0 spiro atoms. The van der Waals surface area contributed by atoms with E-state index in [9.17, 15) is 14.4 Å². The van der Waals surface area contributed by atoms with E-state index in [1.54, 1.807) is 4.90 Å². The number of nitrogens with one attached hydrogen (secondary N) is 1. The van der Waals surface area contributed by atoms with Crippen LogP contribution >= 0.6 is 0 Å². The summed E-state index contributed by atoms with van der Waals surface area (Å²) in [7, 11) is 0. The van der Waals surface area contributed by atoms with Gasteiger partial charge in [0.05, 0.1) is 5.92 Å². The molecule has 0 radical (unpaired) electrons. The Morgan fingerprint density at radius 3 is 2.06 bits per heavy atom. The molecule has 33 heavy (non-hydrogen) atoms. The molecule has 6 nitrogen and oxygen atoms in total. The molecule has 1 atom stereocenters. The first-order chi connectivity index (χ1) is 16.1. The SMILES string of the molecule is O=C(NCCCC(=O)N1CCC[C@H]1C(=O)N1CCCC1)C(c1ccccc1)c1ccccc1. The molecule has 0 bridgehead atoms. The van der Waals surface area contributed by atoms with E-state index >= 15 is 0 Å². The number of hydrogen-bond donors (Lipinski definition) is 1. The molecular weight excluding hydrogens is 414 g/mol. The van der Waals surface area contributed by atoms with Gasteiger partial charge in [-0.15, -0.1) is 0 Å². The average molecular weight is 448 g/mol. The van der Waals surface area contributed by atoms with Crippen molar-refractivity contribution in [1.29, 1.82) is 0 Å². The highest BCUT2D eigenvalue weighted by Gasteiger charge is 2.36. The third-order valence-electron chi connectivity index (χ3n) is 6.67. The van der Waals surface area contributed by atoms with Crippen molar-refractivity contribution in [1.82, 2.24) is 15.1 Å². The van der Waals surface area contributed by atoms with E-state index in [-0.39, 0.29) is 29.7 Å². The summed E-state index contributed by atoms with van der Waals surface area (Å²) >= 11 is 0. The number of nitrogens with zero attached hydrogens (tertiary/aromatic N) is 2. The van der Waals surface area contributed by atoms with Crippen LogP contribution in [0.5, 0.6) is 0 Å². The molecule has 0 aliphatic carbocycles. The largest absolute Gasteiger partial charge is 0.355 e.